The molecule has 2 aromatic rings. The highest BCUT2D eigenvalue weighted by Crippen LogP contribution is 2.40. The summed E-state index contributed by atoms with van der Waals surface area (Å²) in [5.41, 5.74) is 1.58. The molecule has 2 amide bonds. The van der Waals surface area contributed by atoms with E-state index >= 15 is 0 Å². The summed E-state index contributed by atoms with van der Waals surface area (Å²) >= 11 is 0. The first-order chi connectivity index (χ1) is 13.2. The van der Waals surface area contributed by atoms with Crippen LogP contribution in [0.15, 0.2) is 28.9 Å². The summed E-state index contributed by atoms with van der Waals surface area (Å²) in [7, 11) is 0. The summed E-state index contributed by atoms with van der Waals surface area (Å²) in [5, 5.41) is 3.62. The van der Waals surface area contributed by atoms with Crippen LogP contribution in [0.2, 0.25) is 0 Å². The van der Waals surface area contributed by atoms with Crippen molar-refractivity contribution in [1.82, 2.24) is 10.1 Å². The quantitative estimate of drug-likeness (QED) is 0.825. The van der Waals surface area contributed by atoms with E-state index in [4.69, 9.17) is 14.0 Å². The number of aromatic nitrogens is 1. The lowest BCUT2D eigenvalue weighted by atomic mass is 10.1. The largest absolute Gasteiger partial charge is 0.454 e. The molecule has 0 atom stereocenters. The van der Waals surface area contributed by atoms with E-state index in [0.717, 1.165) is 12.1 Å². The summed E-state index contributed by atoms with van der Waals surface area (Å²) in [6.07, 6.45) is 4.04. The van der Waals surface area contributed by atoms with Crippen LogP contribution in [0.25, 0.3) is 0 Å². The minimum atomic E-state index is -0.323. The van der Waals surface area contributed by atoms with Crippen molar-refractivity contribution < 1.29 is 23.6 Å². The molecule has 1 aromatic carbocycles. The van der Waals surface area contributed by atoms with E-state index in [2.05, 4.69) is 5.16 Å². The minimum absolute atomic E-state index is 0.0561. The van der Waals surface area contributed by atoms with Crippen molar-refractivity contribution in [3.8, 4) is 11.5 Å². The second-order valence-electron chi connectivity index (χ2n) is 7.14. The lowest BCUT2D eigenvalue weighted by molar-refractivity contribution is -0.132. The van der Waals surface area contributed by atoms with Gasteiger partial charge in [0.25, 0.3) is 5.91 Å². The molecular formula is C19H19N3O5. The van der Waals surface area contributed by atoms with Gasteiger partial charge in [0.15, 0.2) is 11.5 Å². The molecule has 0 unspecified atom stereocenters. The number of ether oxygens (including phenoxy) is 2. The second-order valence-corrected chi connectivity index (χ2v) is 7.14. The van der Waals surface area contributed by atoms with Crippen LogP contribution in [0.1, 0.15) is 35.4 Å². The van der Waals surface area contributed by atoms with Crippen LogP contribution in [0, 0.1) is 5.92 Å². The van der Waals surface area contributed by atoms with Crippen LogP contribution in [-0.2, 0) is 11.3 Å². The third-order valence-corrected chi connectivity index (χ3v) is 5.20. The summed E-state index contributed by atoms with van der Waals surface area (Å²) in [5.74, 6) is 1.71. The maximum absolute atomic E-state index is 13.0. The van der Waals surface area contributed by atoms with Crippen molar-refractivity contribution in [3.05, 3.63) is 35.7 Å². The first kappa shape index (κ1) is 16.2. The second kappa shape index (κ2) is 6.29. The molecule has 1 saturated carbocycles. The average Bonchev–Trinajstić information content (AvgIpc) is 3.12. The lowest BCUT2D eigenvalue weighted by Gasteiger charge is -2.32. The monoisotopic (exact) mass is 369 g/mol. The Morgan fingerprint density at radius 1 is 1.22 bits per heavy atom. The molecule has 140 valence electrons. The zero-order valence-corrected chi connectivity index (χ0v) is 14.7. The zero-order chi connectivity index (χ0) is 18.4. The first-order valence-electron chi connectivity index (χ1n) is 9.12. The summed E-state index contributed by atoms with van der Waals surface area (Å²) in [6.45, 7) is 1.63. The number of carbonyl (C=O) groups is 2. The van der Waals surface area contributed by atoms with Gasteiger partial charge in [-0.15, -0.1) is 0 Å². The number of rotatable bonds is 3. The van der Waals surface area contributed by atoms with Gasteiger partial charge in [-0.3, -0.25) is 9.59 Å². The van der Waals surface area contributed by atoms with Gasteiger partial charge in [-0.25, -0.2) is 0 Å². The van der Waals surface area contributed by atoms with Gasteiger partial charge in [-0.05, 0) is 30.4 Å². The molecule has 3 aliphatic rings. The van der Waals surface area contributed by atoms with Gasteiger partial charge in [0.05, 0.1) is 11.9 Å². The molecular weight excluding hydrogens is 350 g/mol. The molecule has 5 rings (SSSR count). The average molecular weight is 369 g/mol. The minimum Gasteiger partial charge on any atom is -0.454 e. The number of fused-ring (bicyclic) bond motifs is 2. The molecule has 2 aliphatic heterocycles. The summed E-state index contributed by atoms with van der Waals surface area (Å²) in [6, 6.07) is 5.21. The predicted octanol–water partition coefficient (Wildman–Crippen LogP) is 2.19. The van der Waals surface area contributed by atoms with Gasteiger partial charge in [0, 0.05) is 38.2 Å². The number of amides is 2. The van der Waals surface area contributed by atoms with Crippen LogP contribution in [0.3, 0.4) is 0 Å². The van der Waals surface area contributed by atoms with E-state index in [1.54, 1.807) is 4.90 Å². The van der Waals surface area contributed by atoms with Crippen molar-refractivity contribution in [2.45, 2.75) is 25.8 Å². The fourth-order valence-electron chi connectivity index (χ4n) is 3.58. The standard InChI is InChI=1S/C19H19N3O5/c23-18-4-6-22(19(24)15-3-5-20-27-15)14-8-17-16(25-11-26-17)7-13(14)10-21(18)9-12-1-2-12/h3,5,7-8,12H,1-2,4,6,9-11H2. The van der Waals surface area contributed by atoms with E-state index in [1.165, 1.54) is 25.1 Å². The predicted molar refractivity (Wildman–Crippen MR) is 93.5 cm³/mol. The highest BCUT2D eigenvalue weighted by molar-refractivity contribution is 6.05. The molecule has 1 aromatic heterocycles. The Balaban J connectivity index is 1.55. The fraction of sp³-hybridized carbons (Fsp3) is 0.421. The molecule has 0 N–H and O–H groups in total. The number of hydrogen-bond donors (Lipinski definition) is 0. The third-order valence-electron chi connectivity index (χ3n) is 5.20. The Morgan fingerprint density at radius 2 is 2.04 bits per heavy atom. The van der Waals surface area contributed by atoms with Crippen LogP contribution < -0.4 is 14.4 Å². The topological polar surface area (TPSA) is 85.1 Å². The van der Waals surface area contributed by atoms with Crippen molar-refractivity contribution in [3.63, 3.8) is 0 Å². The molecule has 27 heavy (non-hydrogen) atoms. The molecule has 0 saturated heterocycles. The Bertz CT molecular complexity index is 891. The van der Waals surface area contributed by atoms with Crippen molar-refractivity contribution in [1.29, 1.82) is 0 Å². The third kappa shape index (κ3) is 3.01. The summed E-state index contributed by atoms with van der Waals surface area (Å²) in [4.78, 5) is 29.2. The molecule has 1 aliphatic carbocycles. The summed E-state index contributed by atoms with van der Waals surface area (Å²) < 4.78 is 16.0. The number of benzene rings is 1. The smallest absolute Gasteiger partial charge is 0.296 e. The molecule has 0 radical (unpaired) electrons. The van der Waals surface area contributed by atoms with Crippen LogP contribution in [-0.4, -0.2) is 41.8 Å². The Labute approximate surface area is 155 Å². The highest BCUT2D eigenvalue weighted by atomic mass is 16.7. The Hall–Kier alpha value is -3.03. The number of hydrogen-bond acceptors (Lipinski definition) is 6. The van der Waals surface area contributed by atoms with Crippen LogP contribution in [0.5, 0.6) is 11.5 Å². The normalized spacial score (nSPS) is 18.9. The van der Waals surface area contributed by atoms with Crippen LogP contribution in [0.4, 0.5) is 5.69 Å². The number of nitrogens with zero attached hydrogens (tertiary/aromatic N) is 3. The Morgan fingerprint density at radius 3 is 2.78 bits per heavy atom. The van der Waals surface area contributed by atoms with Gasteiger partial charge in [-0.2, -0.15) is 0 Å². The van der Waals surface area contributed by atoms with Gasteiger partial charge in [-0.1, -0.05) is 5.16 Å². The SMILES string of the molecule is O=C1CCN(C(=O)c2ccno2)c2cc3c(cc2CN1CC1CC1)OCO3. The number of carbonyl (C=O) groups excluding carboxylic acids is 2. The maximum Gasteiger partial charge on any atom is 0.296 e. The van der Waals surface area contributed by atoms with E-state index in [9.17, 15) is 9.59 Å². The molecule has 0 bridgehead atoms. The molecule has 8 nitrogen and oxygen atoms in total. The van der Waals surface area contributed by atoms with E-state index in [0.29, 0.717) is 29.6 Å². The fourth-order valence-corrected chi connectivity index (χ4v) is 3.58. The lowest BCUT2D eigenvalue weighted by Crippen LogP contribution is -2.41. The van der Waals surface area contributed by atoms with E-state index < -0.39 is 0 Å². The van der Waals surface area contributed by atoms with Crippen molar-refractivity contribution >= 4 is 17.5 Å². The van der Waals surface area contributed by atoms with Gasteiger partial charge in [0.1, 0.15) is 0 Å². The zero-order valence-electron chi connectivity index (χ0n) is 14.7. The van der Waals surface area contributed by atoms with E-state index in [-0.39, 0.29) is 37.3 Å². The van der Waals surface area contributed by atoms with E-state index in [1.807, 2.05) is 17.0 Å². The maximum atomic E-state index is 13.0. The van der Waals surface area contributed by atoms with Gasteiger partial charge < -0.3 is 23.8 Å². The van der Waals surface area contributed by atoms with Crippen molar-refractivity contribution in [2.75, 3.05) is 24.8 Å². The molecule has 3 heterocycles. The van der Waals surface area contributed by atoms with Gasteiger partial charge in [0.2, 0.25) is 18.5 Å². The molecule has 1 fully saturated rings. The van der Waals surface area contributed by atoms with Gasteiger partial charge >= 0.3 is 0 Å². The molecule has 8 heteroatoms. The molecule has 0 spiro atoms. The first-order valence-corrected chi connectivity index (χ1v) is 9.12. The number of anilines is 1. The Kier molecular flexibility index (Phi) is 3.77. The highest BCUT2D eigenvalue weighted by Gasteiger charge is 2.33. The van der Waals surface area contributed by atoms with Crippen LogP contribution >= 0.6 is 0 Å². The van der Waals surface area contributed by atoms with Crippen molar-refractivity contribution in [2.24, 2.45) is 5.92 Å².